The Morgan fingerprint density at radius 2 is 2.20 bits per heavy atom. The Morgan fingerprint density at radius 1 is 1.45 bits per heavy atom. The summed E-state index contributed by atoms with van der Waals surface area (Å²) in [6.07, 6.45) is 0.541. The van der Waals surface area contributed by atoms with Crippen LogP contribution in [-0.4, -0.2) is 43.2 Å². The average Bonchev–Trinajstić information content (AvgIpc) is 2.42. The largest absolute Gasteiger partial charge is 0.496 e. The number of aryl methyl sites for hydroxylation is 1. The van der Waals surface area contributed by atoms with Crippen LogP contribution in [0.15, 0.2) is 18.2 Å². The predicted octanol–water partition coefficient (Wildman–Crippen LogP) is 2.10. The van der Waals surface area contributed by atoms with Gasteiger partial charge in [0, 0.05) is 25.4 Å². The van der Waals surface area contributed by atoms with Gasteiger partial charge in [-0.05, 0) is 24.6 Å². The van der Waals surface area contributed by atoms with Gasteiger partial charge in [-0.15, -0.1) is 0 Å². The molecule has 4 heteroatoms. The van der Waals surface area contributed by atoms with E-state index >= 15 is 0 Å². The molecular weight excluding hydrogens is 254 g/mol. The number of piperidine rings is 1. The van der Waals surface area contributed by atoms with E-state index in [1.807, 2.05) is 36.9 Å². The Hall–Kier alpha value is -1.68. The Balaban J connectivity index is 2.07. The molecule has 1 aromatic rings. The highest BCUT2D eigenvalue weighted by Gasteiger charge is 2.25. The number of hydrogen-bond donors (Lipinski definition) is 0. The minimum atomic E-state index is 0.0245. The van der Waals surface area contributed by atoms with Crippen molar-refractivity contribution in [2.24, 2.45) is 5.92 Å². The highest BCUT2D eigenvalue weighted by Crippen LogP contribution is 2.21. The minimum Gasteiger partial charge on any atom is -0.496 e. The molecule has 108 valence electrons. The zero-order valence-electron chi connectivity index (χ0n) is 12.3. The molecular formula is C16H21NO3. The minimum absolute atomic E-state index is 0.0245. The van der Waals surface area contributed by atoms with Gasteiger partial charge in [-0.3, -0.25) is 14.5 Å². The summed E-state index contributed by atoms with van der Waals surface area (Å²) in [5.74, 6) is 0.984. The maximum atomic E-state index is 12.4. The predicted molar refractivity (Wildman–Crippen MR) is 77.3 cm³/mol. The molecule has 1 aliphatic rings. The Labute approximate surface area is 119 Å². The second-order valence-electron chi connectivity index (χ2n) is 5.48. The molecule has 1 fully saturated rings. The molecule has 1 aliphatic heterocycles. The van der Waals surface area contributed by atoms with Crippen molar-refractivity contribution in [2.75, 3.05) is 26.7 Å². The molecule has 0 bridgehead atoms. The standard InChI is InChI=1S/C16H21NO3/c1-11-4-5-13(16(8-11)20-3)15(19)10-17-7-6-14(18)12(2)9-17/h4-5,8,12H,6-7,9-10H2,1-3H3. The molecule has 1 aromatic carbocycles. The molecule has 0 aliphatic carbocycles. The van der Waals surface area contributed by atoms with Gasteiger partial charge in [-0.2, -0.15) is 0 Å². The van der Waals surface area contributed by atoms with Crippen LogP contribution < -0.4 is 4.74 Å². The van der Waals surface area contributed by atoms with Gasteiger partial charge in [0.2, 0.25) is 0 Å². The number of nitrogens with zero attached hydrogens (tertiary/aromatic N) is 1. The normalized spacial score (nSPS) is 19.9. The van der Waals surface area contributed by atoms with Crippen molar-refractivity contribution in [3.63, 3.8) is 0 Å². The van der Waals surface area contributed by atoms with Gasteiger partial charge in [-0.1, -0.05) is 13.0 Å². The highest BCUT2D eigenvalue weighted by molar-refractivity contribution is 6.00. The monoisotopic (exact) mass is 275 g/mol. The first kappa shape index (κ1) is 14.7. The van der Waals surface area contributed by atoms with Gasteiger partial charge < -0.3 is 4.74 Å². The fourth-order valence-corrected chi connectivity index (χ4v) is 2.56. The van der Waals surface area contributed by atoms with Crippen LogP contribution in [0.2, 0.25) is 0 Å². The molecule has 1 saturated heterocycles. The second-order valence-corrected chi connectivity index (χ2v) is 5.48. The number of hydrogen-bond acceptors (Lipinski definition) is 4. The summed E-state index contributed by atoms with van der Waals surface area (Å²) in [5, 5.41) is 0. The average molecular weight is 275 g/mol. The number of carbonyl (C=O) groups excluding carboxylic acids is 2. The van der Waals surface area contributed by atoms with Crippen LogP contribution in [0, 0.1) is 12.8 Å². The van der Waals surface area contributed by atoms with Crippen LogP contribution in [0.5, 0.6) is 5.75 Å². The van der Waals surface area contributed by atoms with Gasteiger partial charge in [0.05, 0.1) is 19.2 Å². The molecule has 0 N–H and O–H groups in total. The molecule has 1 atom stereocenters. The van der Waals surface area contributed by atoms with Crippen molar-refractivity contribution >= 4 is 11.6 Å². The fraction of sp³-hybridized carbons (Fsp3) is 0.500. The summed E-state index contributed by atoms with van der Waals surface area (Å²) in [4.78, 5) is 25.9. The summed E-state index contributed by atoms with van der Waals surface area (Å²) in [6.45, 7) is 5.57. The molecule has 1 unspecified atom stereocenters. The van der Waals surface area contributed by atoms with Crippen molar-refractivity contribution in [3.05, 3.63) is 29.3 Å². The Morgan fingerprint density at radius 3 is 2.85 bits per heavy atom. The lowest BCUT2D eigenvalue weighted by Gasteiger charge is -2.29. The zero-order valence-corrected chi connectivity index (χ0v) is 12.3. The van der Waals surface area contributed by atoms with E-state index in [-0.39, 0.29) is 11.7 Å². The molecule has 4 nitrogen and oxygen atoms in total. The van der Waals surface area contributed by atoms with Crippen molar-refractivity contribution < 1.29 is 14.3 Å². The third-order valence-electron chi connectivity index (χ3n) is 3.78. The first-order valence-corrected chi connectivity index (χ1v) is 6.94. The lowest BCUT2D eigenvalue weighted by molar-refractivity contribution is -0.125. The Bertz CT molecular complexity index is 524. The third-order valence-corrected chi connectivity index (χ3v) is 3.78. The summed E-state index contributed by atoms with van der Waals surface area (Å²) in [5.41, 5.74) is 1.68. The number of Topliss-reactive ketones (excluding diaryl/α,β-unsaturated/α-hetero) is 2. The number of ketones is 2. The lowest BCUT2D eigenvalue weighted by atomic mass is 9.98. The van der Waals surface area contributed by atoms with Crippen LogP contribution in [0.4, 0.5) is 0 Å². The van der Waals surface area contributed by atoms with Gasteiger partial charge >= 0.3 is 0 Å². The second kappa shape index (κ2) is 6.18. The number of benzene rings is 1. The fourth-order valence-electron chi connectivity index (χ4n) is 2.56. The van der Waals surface area contributed by atoms with Crippen molar-refractivity contribution in [1.29, 1.82) is 0 Å². The van der Waals surface area contributed by atoms with E-state index in [9.17, 15) is 9.59 Å². The van der Waals surface area contributed by atoms with Crippen LogP contribution in [0.25, 0.3) is 0 Å². The zero-order chi connectivity index (χ0) is 14.7. The maximum absolute atomic E-state index is 12.4. The molecule has 1 heterocycles. The molecule has 2 rings (SSSR count). The SMILES string of the molecule is COc1cc(C)ccc1C(=O)CN1CCC(=O)C(C)C1. The first-order chi connectivity index (χ1) is 9.51. The summed E-state index contributed by atoms with van der Waals surface area (Å²) >= 11 is 0. The van der Waals surface area contributed by atoms with Gasteiger partial charge in [0.25, 0.3) is 0 Å². The maximum Gasteiger partial charge on any atom is 0.180 e. The number of ether oxygens (including phenoxy) is 1. The molecule has 0 spiro atoms. The molecule has 0 saturated carbocycles. The van der Waals surface area contributed by atoms with Gasteiger partial charge in [0.15, 0.2) is 5.78 Å². The van der Waals surface area contributed by atoms with Crippen LogP contribution >= 0.6 is 0 Å². The van der Waals surface area contributed by atoms with Gasteiger partial charge in [-0.25, -0.2) is 0 Å². The highest BCUT2D eigenvalue weighted by atomic mass is 16.5. The van der Waals surface area contributed by atoms with E-state index in [1.165, 1.54) is 0 Å². The summed E-state index contributed by atoms with van der Waals surface area (Å²) in [6, 6.07) is 5.60. The van der Waals surface area contributed by atoms with E-state index in [0.717, 1.165) is 5.56 Å². The van der Waals surface area contributed by atoms with Crippen LogP contribution in [0.3, 0.4) is 0 Å². The topological polar surface area (TPSA) is 46.6 Å². The quantitative estimate of drug-likeness (QED) is 0.789. The smallest absolute Gasteiger partial charge is 0.180 e. The Kier molecular flexibility index (Phi) is 4.55. The number of carbonyl (C=O) groups is 2. The van der Waals surface area contributed by atoms with E-state index in [4.69, 9.17) is 4.74 Å². The third kappa shape index (κ3) is 3.25. The summed E-state index contributed by atoms with van der Waals surface area (Å²) < 4.78 is 5.28. The van der Waals surface area contributed by atoms with Crippen molar-refractivity contribution in [2.45, 2.75) is 20.3 Å². The first-order valence-electron chi connectivity index (χ1n) is 6.94. The summed E-state index contributed by atoms with van der Waals surface area (Å²) in [7, 11) is 1.58. The number of methoxy groups -OCH3 is 1. The van der Waals surface area contributed by atoms with Crippen LogP contribution in [-0.2, 0) is 4.79 Å². The number of rotatable bonds is 4. The van der Waals surface area contributed by atoms with Gasteiger partial charge in [0.1, 0.15) is 11.5 Å². The van der Waals surface area contributed by atoms with Crippen molar-refractivity contribution in [1.82, 2.24) is 4.90 Å². The van der Waals surface area contributed by atoms with E-state index in [1.54, 1.807) is 7.11 Å². The van der Waals surface area contributed by atoms with E-state index < -0.39 is 0 Å². The lowest BCUT2D eigenvalue weighted by Crippen LogP contribution is -2.42. The number of likely N-dealkylation sites (tertiary alicyclic amines) is 1. The van der Waals surface area contributed by atoms with E-state index in [2.05, 4.69) is 0 Å². The molecule has 20 heavy (non-hydrogen) atoms. The molecule has 0 aromatic heterocycles. The van der Waals surface area contributed by atoms with Crippen molar-refractivity contribution in [3.8, 4) is 5.75 Å². The van der Waals surface area contributed by atoms with E-state index in [0.29, 0.717) is 43.2 Å². The molecule has 0 radical (unpaired) electrons. The molecule has 0 amide bonds. The van der Waals surface area contributed by atoms with Crippen LogP contribution in [0.1, 0.15) is 29.3 Å².